The second kappa shape index (κ2) is 6.54. The number of nitrogens with zero attached hydrogens (tertiary/aromatic N) is 1. The molecule has 2 rings (SSSR count). The molecule has 1 heterocycles. The van der Waals surface area contributed by atoms with Gasteiger partial charge in [-0.2, -0.15) is 0 Å². The second-order valence-electron chi connectivity index (χ2n) is 4.68. The van der Waals surface area contributed by atoms with Gasteiger partial charge in [-0.25, -0.2) is 4.98 Å². The number of aromatic amines is 1. The van der Waals surface area contributed by atoms with E-state index in [-0.39, 0.29) is 5.56 Å². The van der Waals surface area contributed by atoms with Gasteiger partial charge in [-0.3, -0.25) is 4.79 Å². The van der Waals surface area contributed by atoms with E-state index in [1.54, 1.807) is 0 Å². The Balaban J connectivity index is 1.76. The Morgan fingerprint density at radius 1 is 1.50 bits per heavy atom. The van der Waals surface area contributed by atoms with Crippen molar-refractivity contribution in [3.8, 4) is 0 Å². The highest BCUT2D eigenvalue weighted by atomic mass is 16.5. The second-order valence-corrected chi connectivity index (χ2v) is 4.68. The molecule has 0 spiro atoms. The van der Waals surface area contributed by atoms with E-state index in [9.17, 15) is 4.79 Å². The molecule has 18 heavy (non-hydrogen) atoms. The molecule has 0 saturated heterocycles. The molecule has 1 aliphatic rings. The van der Waals surface area contributed by atoms with Crippen LogP contribution in [-0.4, -0.2) is 29.7 Å². The largest absolute Gasteiger partial charge is 0.381 e. The van der Waals surface area contributed by atoms with Crippen molar-refractivity contribution in [2.45, 2.75) is 38.5 Å². The van der Waals surface area contributed by atoms with Crippen LogP contribution in [0.3, 0.4) is 0 Å². The standard InChI is InChI=1S/C13H21N3O2/c1-2-7-18-8-3-6-14-11-9-12(17)16-13(15-11)10-4-5-10/h9-10H,2-8H2,1H3,(H2,14,15,16,17). The molecule has 5 nitrogen and oxygen atoms in total. The molecule has 2 N–H and O–H groups in total. The van der Waals surface area contributed by atoms with E-state index in [2.05, 4.69) is 22.2 Å². The third kappa shape index (κ3) is 4.14. The van der Waals surface area contributed by atoms with Crippen molar-refractivity contribution >= 4 is 5.82 Å². The molecule has 1 aromatic rings. The van der Waals surface area contributed by atoms with Crippen LogP contribution in [0, 0.1) is 0 Å². The monoisotopic (exact) mass is 251 g/mol. The lowest BCUT2D eigenvalue weighted by atomic mass is 10.4. The van der Waals surface area contributed by atoms with E-state index >= 15 is 0 Å². The number of rotatable bonds is 8. The van der Waals surface area contributed by atoms with E-state index in [0.29, 0.717) is 11.7 Å². The minimum Gasteiger partial charge on any atom is -0.381 e. The maximum Gasteiger partial charge on any atom is 0.252 e. The fraction of sp³-hybridized carbons (Fsp3) is 0.692. The third-order valence-electron chi connectivity index (χ3n) is 2.84. The van der Waals surface area contributed by atoms with Crippen LogP contribution in [0.25, 0.3) is 0 Å². The highest BCUT2D eigenvalue weighted by Gasteiger charge is 2.26. The summed E-state index contributed by atoms with van der Waals surface area (Å²) >= 11 is 0. The van der Waals surface area contributed by atoms with Gasteiger partial charge in [0, 0.05) is 31.7 Å². The molecule has 1 aliphatic carbocycles. The minimum atomic E-state index is -0.0726. The molecule has 0 aromatic carbocycles. The molecule has 0 unspecified atom stereocenters. The maximum absolute atomic E-state index is 11.5. The lowest BCUT2D eigenvalue weighted by Crippen LogP contribution is -2.14. The zero-order valence-corrected chi connectivity index (χ0v) is 10.9. The number of anilines is 1. The van der Waals surface area contributed by atoms with E-state index in [1.165, 1.54) is 6.07 Å². The molecular weight excluding hydrogens is 230 g/mol. The van der Waals surface area contributed by atoms with E-state index < -0.39 is 0 Å². The summed E-state index contributed by atoms with van der Waals surface area (Å²) in [6.07, 6.45) is 4.25. The first-order chi connectivity index (χ1) is 8.79. The lowest BCUT2D eigenvalue weighted by molar-refractivity contribution is 0.134. The maximum atomic E-state index is 11.5. The first-order valence-electron chi connectivity index (χ1n) is 6.72. The summed E-state index contributed by atoms with van der Waals surface area (Å²) in [6.45, 7) is 4.44. The summed E-state index contributed by atoms with van der Waals surface area (Å²) in [5.41, 5.74) is -0.0726. The van der Waals surface area contributed by atoms with Crippen LogP contribution in [0.1, 0.15) is 44.3 Å². The number of ether oxygens (including phenoxy) is 1. The van der Waals surface area contributed by atoms with E-state index in [1.807, 2.05) is 0 Å². The summed E-state index contributed by atoms with van der Waals surface area (Å²) in [6, 6.07) is 1.51. The first kappa shape index (κ1) is 13.1. The number of hydrogen-bond donors (Lipinski definition) is 2. The highest BCUT2D eigenvalue weighted by Crippen LogP contribution is 2.37. The van der Waals surface area contributed by atoms with Gasteiger partial charge in [0.15, 0.2) is 0 Å². The summed E-state index contributed by atoms with van der Waals surface area (Å²) in [7, 11) is 0. The highest BCUT2D eigenvalue weighted by molar-refractivity contribution is 5.33. The van der Waals surface area contributed by atoms with Crippen LogP contribution in [0.15, 0.2) is 10.9 Å². The molecule has 0 atom stereocenters. The molecule has 0 amide bonds. The number of aromatic nitrogens is 2. The Labute approximate surface area is 107 Å². The summed E-state index contributed by atoms with van der Waals surface area (Å²) in [4.78, 5) is 18.7. The molecule has 100 valence electrons. The molecule has 1 fully saturated rings. The fourth-order valence-electron chi connectivity index (χ4n) is 1.75. The van der Waals surface area contributed by atoms with Crippen molar-refractivity contribution in [1.29, 1.82) is 0 Å². The van der Waals surface area contributed by atoms with Crippen LogP contribution in [0.4, 0.5) is 5.82 Å². The first-order valence-corrected chi connectivity index (χ1v) is 6.72. The van der Waals surface area contributed by atoms with Gasteiger partial charge in [0.1, 0.15) is 11.6 Å². The van der Waals surface area contributed by atoms with Gasteiger partial charge in [0.2, 0.25) is 0 Å². The third-order valence-corrected chi connectivity index (χ3v) is 2.84. The van der Waals surface area contributed by atoms with Gasteiger partial charge in [-0.15, -0.1) is 0 Å². The smallest absolute Gasteiger partial charge is 0.252 e. The van der Waals surface area contributed by atoms with Crippen LogP contribution in [0.5, 0.6) is 0 Å². The lowest BCUT2D eigenvalue weighted by Gasteiger charge is -2.07. The SMILES string of the molecule is CCCOCCCNc1cc(=O)[nH]c(C2CC2)n1. The molecule has 0 radical (unpaired) electrons. The van der Waals surface area contributed by atoms with Gasteiger partial charge < -0.3 is 15.0 Å². The van der Waals surface area contributed by atoms with Crippen LogP contribution < -0.4 is 10.9 Å². The Bertz CT molecular complexity index is 426. The topological polar surface area (TPSA) is 67.0 Å². The molecule has 5 heteroatoms. The Morgan fingerprint density at radius 3 is 3.06 bits per heavy atom. The van der Waals surface area contributed by atoms with Crippen LogP contribution >= 0.6 is 0 Å². The van der Waals surface area contributed by atoms with Gasteiger partial charge in [0.25, 0.3) is 5.56 Å². The number of hydrogen-bond acceptors (Lipinski definition) is 4. The average Bonchev–Trinajstić information content (AvgIpc) is 3.17. The predicted molar refractivity (Wildman–Crippen MR) is 71.0 cm³/mol. The van der Waals surface area contributed by atoms with Crippen molar-refractivity contribution < 1.29 is 4.74 Å². The summed E-state index contributed by atoms with van der Waals surface area (Å²) in [5, 5.41) is 3.17. The van der Waals surface area contributed by atoms with Crippen molar-refractivity contribution in [2.24, 2.45) is 0 Å². The molecule has 0 bridgehead atoms. The van der Waals surface area contributed by atoms with E-state index in [0.717, 1.165) is 51.3 Å². The van der Waals surface area contributed by atoms with Crippen molar-refractivity contribution in [3.63, 3.8) is 0 Å². The predicted octanol–water partition coefficient (Wildman–Crippen LogP) is 1.88. The Hall–Kier alpha value is -1.36. The molecule has 1 aromatic heterocycles. The summed E-state index contributed by atoms with van der Waals surface area (Å²) < 4.78 is 5.39. The van der Waals surface area contributed by atoms with Crippen LogP contribution in [-0.2, 0) is 4.74 Å². The molecular formula is C13H21N3O2. The van der Waals surface area contributed by atoms with Crippen LogP contribution in [0.2, 0.25) is 0 Å². The van der Waals surface area contributed by atoms with Crippen molar-refractivity contribution in [2.75, 3.05) is 25.1 Å². The Morgan fingerprint density at radius 2 is 2.33 bits per heavy atom. The zero-order valence-electron chi connectivity index (χ0n) is 10.9. The van der Waals surface area contributed by atoms with Gasteiger partial charge in [-0.05, 0) is 25.7 Å². The fourth-order valence-corrected chi connectivity index (χ4v) is 1.75. The van der Waals surface area contributed by atoms with Gasteiger partial charge in [-0.1, -0.05) is 6.92 Å². The minimum absolute atomic E-state index is 0.0726. The van der Waals surface area contributed by atoms with Crippen molar-refractivity contribution in [3.05, 3.63) is 22.2 Å². The zero-order chi connectivity index (χ0) is 12.8. The van der Waals surface area contributed by atoms with Crippen molar-refractivity contribution in [1.82, 2.24) is 9.97 Å². The Kier molecular flexibility index (Phi) is 4.75. The van der Waals surface area contributed by atoms with Gasteiger partial charge in [0.05, 0.1) is 0 Å². The quantitative estimate of drug-likeness (QED) is 0.692. The number of nitrogens with one attached hydrogen (secondary N) is 2. The average molecular weight is 251 g/mol. The number of H-pyrrole nitrogens is 1. The molecule has 1 saturated carbocycles. The summed E-state index contributed by atoms with van der Waals surface area (Å²) in [5.74, 6) is 1.97. The molecule has 0 aliphatic heterocycles. The van der Waals surface area contributed by atoms with Gasteiger partial charge >= 0.3 is 0 Å². The van der Waals surface area contributed by atoms with E-state index in [4.69, 9.17) is 4.74 Å². The normalized spacial score (nSPS) is 14.7.